The molecule has 0 radical (unpaired) electrons. The van der Waals surface area contributed by atoms with Gasteiger partial charge in [0.2, 0.25) is 0 Å². The Morgan fingerprint density at radius 1 is 1.04 bits per heavy atom. The maximum atomic E-state index is 12.0. The van der Waals surface area contributed by atoms with Gasteiger partial charge in [0.05, 0.1) is 39.1 Å². The predicted molar refractivity (Wildman–Crippen MR) is 104 cm³/mol. The largest absolute Gasteiger partial charge is 0.464 e. The van der Waals surface area contributed by atoms with Crippen LogP contribution >= 0.6 is 0 Å². The minimum absolute atomic E-state index is 0.0702. The molecule has 0 aliphatic carbocycles. The third kappa shape index (κ3) is 4.40. The van der Waals surface area contributed by atoms with Crippen molar-refractivity contribution in [3.63, 3.8) is 0 Å². The summed E-state index contributed by atoms with van der Waals surface area (Å²) in [6.07, 6.45) is -0.976. The van der Waals surface area contributed by atoms with Crippen LogP contribution in [0.3, 0.4) is 0 Å². The van der Waals surface area contributed by atoms with Crippen LogP contribution < -0.4 is 4.90 Å². The zero-order valence-corrected chi connectivity index (χ0v) is 16.1. The lowest BCUT2D eigenvalue weighted by atomic mass is 9.80. The second-order valence-electron chi connectivity index (χ2n) is 8.24. The van der Waals surface area contributed by atoms with Crippen molar-refractivity contribution in [2.75, 3.05) is 32.6 Å². The normalized spacial score (nSPS) is 12.1. The SMILES string of the molecule is Cc1c(N(C(=O)O)c2ccccc2)cccc1C(C)(C)C[N+](C)(C)C. The van der Waals surface area contributed by atoms with E-state index in [4.69, 9.17) is 0 Å². The van der Waals surface area contributed by atoms with Gasteiger partial charge < -0.3 is 9.59 Å². The Morgan fingerprint density at radius 2 is 1.64 bits per heavy atom. The van der Waals surface area contributed by atoms with Crippen LogP contribution in [0, 0.1) is 6.92 Å². The summed E-state index contributed by atoms with van der Waals surface area (Å²) in [6.45, 7) is 7.41. The van der Waals surface area contributed by atoms with Crippen LogP contribution in [-0.4, -0.2) is 43.4 Å². The van der Waals surface area contributed by atoms with Gasteiger partial charge in [0, 0.05) is 5.41 Å². The molecule has 0 spiro atoms. The van der Waals surface area contributed by atoms with Gasteiger partial charge in [-0.05, 0) is 36.2 Å². The number of para-hydroxylation sites is 1. The minimum Gasteiger partial charge on any atom is -0.464 e. The van der Waals surface area contributed by atoms with Crippen molar-refractivity contribution in [2.24, 2.45) is 0 Å². The Labute approximate surface area is 150 Å². The number of benzene rings is 2. The first-order valence-corrected chi connectivity index (χ1v) is 8.51. The molecule has 0 heterocycles. The van der Waals surface area contributed by atoms with Crippen molar-refractivity contribution in [2.45, 2.75) is 26.2 Å². The number of carboxylic acid groups (broad SMARTS) is 1. The van der Waals surface area contributed by atoms with Gasteiger partial charge in [-0.3, -0.25) is 0 Å². The zero-order valence-electron chi connectivity index (χ0n) is 16.1. The smallest absolute Gasteiger partial charge is 0.416 e. The molecule has 4 nitrogen and oxygen atoms in total. The molecule has 0 aliphatic rings. The molecule has 0 aromatic heterocycles. The molecule has 25 heavy (non-hydrogen) atoms. The number of hydrogen-bond donors (Lipinski definition) is 1. The molecular weight excluding hydrogens is 312 g/mol. The number of nitrogens with zero attached hydrogens (tertiary/aromatic N) is 2. The van der Waals surface area contributed by atoms with E-state index in [1.165, 1.54) is 10.5 Å². The molecular formula is C21H29N2O2+. The topological polar surface area (TPSA) is 40.5 Å². The lowest BCUT2D eigenvalue weighted by molar-refractivity contribution is -0.874. The summed E-state index contributed by atoms with van der Waals surface area (Å²) in [5.74, 6) is 0. The summed E-state index contributed by atoms with van der Waals surface area (Å²) < 4.78 is 0.845. The summed E-state index contributed by atoms with van der Waals surface area (Å²) in [5, 5.41) is 9.81. The summed E-state index contributed by atoms with van der Waals surface area (Å²) in [5.41, 5.74) is 3.48. The second kappa shape index (κ2) is 6.89. The van der Waals surface area contributed by atoms with Crippen molar-refractivity contribution < 1.29 is 14.4 Å². The van der Waals surface area contributed by atoms with E-state index in [2.05, 4.69) is 41.1 Å². The van der Waals surface area contributed by atoms with Crippen molar-refractivity contribution in [3.8, 4) is 0 Å². The molecule has 0 saturated heterocycles. The van der Waals surface area contributed by atoms with Crippen molar-refractivity contribution in [1.29, 1.82) is 0 Å². The van der Waals surface area contributed by atoms with E-state index >= 15 is 0 Å². The van der Waals surface area contributed by atoms with Gasteiger partial charge in [0.1, 0.15) is 0 Å². The van der Waals surface area contributed by atoms with Gasteiger partial charge in [0.15, 0.2) is 0 Å². The Balaban J connectivity index is 2.55. The monoisotopic (exact) mass is 341 g/mol. The van der Waals surface area contributed by atoms with Crippen LogP contribution in [0.25, 0.3) is 0 Å². The van der Waals surface area contributed by atoms with Crippen molar-refractivity contribution in [3.05, 3.63) is 59.7 Å². The Morgan fingerprint density at radius 3 is 2.16 bits per heavy atom. The summed E-state index contributed by atoms with van der Waals surface area (Å²) in [4.78, 5) is 13.3. The van der Waals surface area contributed by atoms with E-state index in [-0.39, 0.29) is 5.41 Å². The van der Waals surface area contributed by atoms with Crippen LogP contribution in [0.1, 0.15) is 25.0 Å². The molecule has 2 rings (SSSR count). The fraction of sp³-hybridized carbons (Fsp3) is 0.381. The molecule has 2 aromatic carbocycles. The molecule has 0 atom stereocenters. The summed E-state index contributed by atoms with van der Waals surface area (Å²) in [7, 11) is 6.53. The molecule has 0 unspecified atom stereocenters. The fourth-order valence-electron chi connectivity index (χ4n) is 3.80. The van der Waals surface area contributed by atoms with E-state index in [1.807, 2.05) is 49.4 Å². The Hall–Kier alpha value is -2.33. The lowest BCUT2D eigenvalue weighted by Gasteiger charge is -2.36. The fourth-order valence-corrected chi connectivity index (χ4v) is 3.80. The quantitative estimate of drug-likeness (QED) is 0.794. The highest BCUT2D eigenvalue weighted by molar-refractivity contribution is 5.95. The number of hydrogen-bond acceptors (Lipinski definition) is 1. The predicted octanol–water partition coefficient (Wildman–Crippen LogP) is 4.79. The number of anilines is 2. The Kier molecular flexibility index (Phi) is 5.23. The first kappa shape index (κ1) is 19.0. The van der Waals surface area contributed by atoms with Gasteiger partial charge in [-0.15, -0.1) is 0 Å². The molecule has 4 heteroatoms. The highest BCUT2D eigenvalue weighted by Gasteiger charge is 2.31. The number of carbonyl (C=O) groups is 1. The number of amides is 1. The number of quaternary nitrogens is 1. The van der Waals surface area contributed by atoms with E-state index < -0.39 is 6.09 Å². The van der Waals surface area contributed by atoms with Gasteiger partial charge >= 0.3 is 6.09 Å². The molecule has 0 bridgehead atoms. The van der Waals surface area contributed by atoms with Crippen molar-refractivity contribution >= 4 is 17.5 Å². The molecule has 134 valence electrons. The van der Waals surface area contributed by atoms with E-state index in [0.717, 1.165) is 16.6 Å². The van der Waals surface area contributed by atoms with Gasteiger partial charge in [-0.25, -0.2) is 9.69 Å². The average Bonchev–Trinajstić information content (AvgIpc) is 2.47. The van der Waals surface area contributed by atoms with Crippen LogP contribution in [0.5, 0.6) is 0 Å². The standard InChI is InChI=1S/C21H28N2O2/c1-16-18(21(2,3)15-23(4,5)6)13-10-14-19(16)22(20(24)25)17-11-8-7-9-12-17/h7-14H,15H2,1-6H3/p+1. The first-order chi connectivity index (χ1) is 11.5. The summed E-state index contributed by atoms with van der Waals surface area (Å²) >= 11 is 0. The number of likely N-dealkylation sites (N-methyl/N-ethyl adjacent to an activating group) is 1. The zero-order chi connectivity index (χ0) is 18.8. The van der Waals surface area contributed by atoms with E-state index in [0.29, 0.717) is 11.4 Å². The van der Waals surface area contributed by atoms with Crippen LogP contribution in [0.2, 0.25) is 0 Å². The van der Waals surface area contributed by atoms with Crippen molar-refractivity contribution in [1.82, 2.24) is 0 Å². The molecule has 0 aliphatic heterocycles. The first-order valence-electron chi connectivity index (χ1n) is 8.51. The second-order valence-corrected chi connectivity index (χ2v) is 8.24. The molecule has 2 aromatic rings. The maximum absolute atomic E-state index is 12.0. The van der Waals surface area contributed by atoms with Crippen LogP contribution in [0.4, 0.5) is 16.2 Å². The van der Waals surface area contributed by atoms with E-state index in [1.54, 1.807) is 0 Å². The minimum atomic E-state index is -0.976. The van der Waals surface area contributed by atoms with Gasteiger partial charge in [0.25, 0.3) is 0 Å². The third-order valence-corrected chi connectivity index (χ3v) is 4.35. The molecule has 0 fully saturated rings. The highest BCUT2D eigenvalue weighted by Crippen LogP contribution is 2.36. The summed E-state index contributed by atoms with van der Waals surface area (Å²) in [6, 6.07) is 15.2. The lowest BCUT2D eigenvalue weighted by Crippen LogP contribution is -2.45. The third-order valence-electron chi connectivity index (χ3n) is 4.35. The van der Waals surface area contributed by atoms with Crippen LogP contribution in [-0.2, 0) is 5.41 Å². The molecule has 0 saturated carbocycles. The maximum Gasteiger partial charge on any atom is 0.416 e. The molecule has 1 amide bonds. The van der Waals surface area contributed by atoms with E-state index in [9.17, 15) is 9.90 Å². The Bertz CT molecular complexity index is 746. The average molecular weight is 341 g/mol. The molecule has 1 N–H and O–H groups in total. The van der Waals surface area contributed by atoms with Crippen LogP contribution in [0.15, 0.2) is 48.5 Å². The van der Waals surface area contributed by atoms with Gasteiger partial charge in [-0.2, -0.15) is 0 Å². The highest BCUT2D eigenvalue weighted by atomic mass is 16.4. The van der Waals surface area contributed by atoms with Gasteiger partial charge in [-0.1, -0.05) is 44.2 Å². The number of rotatable bonds is 5.